The van der Waals surface area contributed by atoms with Crippen LogP contribution in [0.5, 0.6) is 5.75 Å². The lowest BCUT2D eigenvalue weighted by Crippen LogP contribution is -2.02. The molecule has 1 aromatic carbocycles. The van der Waals surface area contributed by atoms with E-state index in [-0.39, 0.29) is 12.3 Å². The molecule has 4 nitrogen and oxygen atoms in total. The predicted molar refractivity (Wildman–Crippen MR) is 77.2 cm³/mol. The summed E-state index contributed by atoms with van der Waals surface area (Å²) in [6, 6.07) is 8.59. The molecule has 0 atom stereocenters. The fourth-order valence-electron chi connectivity index (χ4n) is 2.38. The van der Waals surface area contributed by atoms with Gasteiger partial charge in [0.1, 0.15) is 5.65 Å². The van der Waals surface area contributed by atoms with Crippen molar-refractivity contribution in [3.63, 3.8) is 0 Å². The van der Waals surface area contributed by atoms with Gasteiger partial charge >= 0.3 is 0 Å². The highest BCUT2D eigenvalue weighted by Crippen LogP contribution is 2.23. The first-order chi connectivity index (χ1) is 10.2. The highest BCUT2D eigenvalue weighted by Gasteiger charge is 2.13. The van der Waals surface area contributed by atoms with E-state index in [9.17, 15) is 9.18 Å². The number of methoxy groups -OCH3 is 1. The molecular weight excluding hydrogens is 271 g/mol. The molecule has 0 saturated heterocycles. The lowest BCUT2D eigenvalue weighted by atomic mass is 10.2. The highest BCUT2D eigenvalue weighted by atomic mass is 19.1. The van der Waals surface area contributed by atoms with E-state index in [4.69, 9.17) is 4.74 Å². The molecule has 0 fully saturated rings. The normalized spacial score (nSPS) is 10.8. The largest absolute Gasteiger partial charge is 0.494 e. The first kappa shape index (κ1) is 13.3. The van der Waals surface area contributed by atoms with Crippen LogP contribution >= 0.6 is 0 Å². The number of aromatic nitrogens is 2. The van der Waals surface area contributed by atoms with E-state index in [1.54, 1.807) is 41.2 Å². The van der Waals surface area contributed by atoms with E-state index in [2.05, 4.69) is 4.98 Å². The summed E-state index contributed by atoms with van der Waals surface area (Å²) in [4.78, 5) is 15.4. The number of hydrogen-bond acceptors (Lipinski definition) is 3. The molecule has 2 heterocycles. The van der Waals surface area contributed by atoms with E-state index in [0.717, 1.165) is 11.7 Å². The highest BCUT2D eigenvalue weighted by molar-refractivity contribution is 5.95. The third-order valence-electron chi connectivity index (χ3n) is 3.40. The number of fused-ring (bicyclic) bond motifs is 1. The van der Waals surface area contributed by atoms with Crippen molar-refractivity contribution < 1.29 is 13.9 Å². The molecular formula is C16H13FN2O2. The minimum absolute atomic E-state index is 0.201. The van der Waals surface area contributed by atoms with Gasteiger partial charge in [0, 0.05) is 28.9 Å². The summed E-state index contributed by atoms with van der Waals surface area (Å²) in [5, 5.41) is 0.760. The fraction of sp³-hybridized carbons (Fsp3) is 0.125. The summed E-state index contributed by atoms with van der Waals surface area (Å²) < 4.78 is 21.0. The van der Waals surface area contributed by atoms with Crippen LogP contribution in [-0.4, -0.2) is 22.9 Å². The summed E-state index contributed by atoms with van der Waals surface area (Å²) in [5.74, 6) is -0.196. The van der Waals surface area contributed by atoms with Crippen LogP contribution in [0.1, 0.15) is 15.9 Å². The fourth-order valence-corrected chi connectivity index (χ4v) is 2.38. The number of nitrogens with zero attached hydrogens (tertiary/aromatic N) is 2. The minimum Gasteiger partial charge on any atom is -0.494 e. The zero-order valence-corrected chi connectivity index (χ0v) is 11.4. The monoisotopic (exact) mass is 284 g/mol. The Balaban J connectivity index is 2.08. The van der Waals surface area contributed by atoms with Crippen molar-refractivity contribution in [3.8, 4) is 5.75 Å². The van der Waals surface area contributed by atoms with E-state index in [1.165, 1.54) is 7.11 Å². The molecule has 3 rings (SSSR count). The second-order valence-corrected chi connectivity index (χ2v) is 4.64. The van der Waals surface area contributed by atoms with Crippen LogP contribution in [0, 0.1) is 5.82 Å². The smallest absolute Gasteiger partial charge is 0.170 e. The maximum Gasteiger partial charge on any atom is 0.170 e. The number of ether oxygens (including phenoxy) is 1. The summed E-state index contributed by atoms with van der Waals surface area (Å²) >= 11 is 0. The Kier molecular flexibility index (Phi) is 3.39. The third-order valence-corrected chi connectivity index (χ3v) is 3.40. The van der Waals surface area contributed by atoms with Gasteiger partial charge in [-0.3, -0.25) is 4.79 Å². The number of benzene rings is 1. The summed E-state index contributed by atoms with van der Waals surface area (Å²) in [6.07, 6.45) is 4.11. The lowest BCUT2D eigenvalue weighted by molar-refractivity contribution is 0.112. The average Bonchev–Trinajstić information content (AvgIpc) is 2.87. The minimum atomic E-state index is -0.398. The SMILES string of the molecule is COc1cccc(Cn2cc(C=O)c3cccnc32)c1F. The van der Waals surface area contributed by atoms with Gasteiger partial charge in [-0.25, -0.2) is 9.37 Å². The van der Waals surface area contributed by atoms with Gasteiger partial charge in [0.2, 0.25) is 0 Å². The maximum atomic E-state index is 14.2. The van der Waals surface area contributed by atoms with Crippen molar-refractivity contribution in [3.05, 3.63) is 59.7 Å². The van der Waals surface area contributed by atoms with Crippen LogP contribution in [0.4, 0.5) is 4.39 Å². The van der Waals surface area contributed by atoms with Gasteiger partial charge in [0.05, 0.1) is 13.7 Å². The van der Waals surface area contributed by atoms with E-state index in [0.29, 0.717) is 16.8 Å². The first-order valence-electron chi connectivity index (χ1n) is 6.45. The van der Waals surface area contributed by atoms with Gasteiger partial charge in [-0.2, -0.15) is 0 Å². The summed E-state index contributed by atoms with van der Waals surface area (Å²) in [5.41, 5.74) is 1.68. The van der Waals surface area contributed by atoms with Gasteiger partial charge in [-0.05, 0) is 18.2 Å². The van der Waals surface area contributed by atoms with E-state index >= 15 is 0 Å². The number of pyridine rings is 1. The van der Waals surface area contributed by atoms with Crippen LogP contribution < -0.4 is 4.74 Å². The number of carbonyl (C=O) groups excluding carboxylic acids is 1. The Morgan fingerprint density at radius 2 is 2.19 bits per heavy atom. The molecule has 0 aliphatic carbocycles. The molecule has 0 unspecified atom stereocenters. The van der Waals surface area contributed by atoms with Crippen LogP contribution in [0.3, 0.4) is 0 Å². The molecule has 5 heteroatoms. The maximum absolute atomic E-state index is 14.2. The Labute approximate surface area is 120 Å². The topological polar surface area (TPSA) is 44.1 Å². The van der Waals surface area contributed by atoms with Gasteiger partial charge in [-0.1, -0.05) is 12.1 Å². The molecule has 0 bridgehead atoms. The molecule has 21 heavy (non-hydrogen) atoms. The molecule has 0 aliphatic rings. The molecule has 0 spiro atoms. The number of rotatable bonds is 4. The molecule has 0 N–H and O–H groups in total. The molecule has 3 aromatic rings. The number of aldehydes is 1. The quantitative estimate of drug-likeness (QED) is 0.692. The third kappa shape index (κ3) is 2.27. The van der Waals surface area contributed by atoms with Crippen molar-refractivity contribution >= 4 is 17.3 Å². The molecule has 0 aliphatic heterocycles. The number of hydrogen-bond donors (Lipinski definition) is 0. The van der Waals surface area contributed by atoms with Crippen molar-refractivity contribution in [1.29, 1.82) is 0 Å². The predicted octanol–water partition coefficient (Wildman–Crippen LogP) is 3.04. The zero-order valence-electron chi connectivity index (χ0n) is 11.4. The Bertz CT molecular complexity index is 811. The lowest BCUT2D eigenvalue weighted by Gasteiger charge is -2.09. The van der Waals surface area contributed by atoms with Crippen LogP contribution in [0.15, 0.2) is 42.7 Å². The van der Waals surface area contributed by atoms with Gasteiger partial charge in [0.15, 0.2) is 17.9 Å². The van der Waals surface area contributed by atoms with Crippen molar-refractivity contribution in [2.24, 2.45) is 0 Å². The van der Waals surface area contributed by atoms with E-state index < -0.39 is 5.82 Å². The van der Waals surface area contributed by atoms with Gasteiger partial charge in [-0.15, -0.1) is 0 Å². The Hall–Kier alpha value is -2.69. The van der Waals surface area contributed by atoms with Crippen molar-refractivity contribution in [1.82, 2.24) is 9.55 Å². The summed E-state index contributed by atoms with van der Waals surface area (Å²) in [7, 11) is 1.43. The number of halogens is 1. The standard InChI is InChI=1S/C16H13FN2O2/c1-21-14-6-2-4-11(15(14)17)8-19-9-12(10-20)13-5-3-7-18-16(13)19/h2-7,9-10H,8H2,1H3. The van der Waals surface area contributed by atoms with Gasteiger partial charge in [0.25, 0.3) is 0 Å². The molecule has 2 aromatic heterocycles. The van der Waals surface area contributed by atoms with E-state index in [1.807, 2.05) is 6.07 Å². The summed E-state index contributed by atoms with van der Waals surface area (Å²) in [6.45, 7) is 0.282. The van der Waals surface area contributed by atoms with Crippen molar-refractivity contribution in [2.45, 2.75) is 6.54 Å². The molecule has 0 saturated carbocycles. The number of carbonyl (C=O) groups is 1. The van der Waals surface area contributed by atoms with Crippen LogP contribution in [0.2, 0.25) is 0 Å². The molecule has 0 amide bonds. The first-order valence-corrected chi connectivity index (χ1v) is 6.45. The Morgan fingerprint density at radius 3 is 2.95 bits per heavy atom. The second kappa shape index (κ2) is 5.36. The van der Waals surface area contributed by atoms with Crippen LogP contribution in [-0.2, 0) is 6.54 Å². The zero-order chi connectivity index (χ0) is 14.8. The second-order valence-electron chi connectivity index (χ2n) is 4.64. The molecule has 106 valence electrons. The average molecular weight is 284 g/mol. The van der Waals surface area contributed by atoms with Crippen molar-refractivity contribution in [2.75, 3.05) is 7.11 Å². The molecule has 0 radical (unpaired) electrons. The Morgan fingerprint density at radius 1 is 1.33 bits per heavy atom. The van der Waals surface area contributed by atoms with Crippen LogP contribution in [0.25, 0.3) is 11.0 Å². The van der Waals surface area contributed by atoms with Gasteiger partial charge < -0.3 is 9.30 Å².